The van der Waals surface area contributed by atoms with Crippen LogP contribution in [0.15, 0.2) is 18.2 Å². The zero-order chi connectivity index (χ0) is 15.8. The number of halogens is 1. The minimum absolute atomic E-state index is 0.0477. The molecule has 0 spiro atoms. The molecule has 1 aromatic rings. The van der Waals surface area contributed by atoms with Crippen LogP contribution in [0.25, 0.3) is 0 Å². The highest BCUT2D eigenvalue weighted by atomic mass is 35.5. The highest BCUT2D eigenvalue weighted by Gasteiger charge is 2.15. The highest BCUT2D eigenvalue weighted by molar-refractivity contribution is 8.00. The molecule has 0 aliphatic carbocycles. The number of nitrogen functional groups attached to an aromatic ring is 1. The summed E-state index contributed by atoms with van der Waals surface area (Å²) in [7, 11) is 0. The third-order valence-corrected chi connectivity index (χ3v) is 4.68. The molecule has 1 unspecified atom stereocenters. The number of nitrogens with zero attached hydrogens (tertiary/aromatic N) is 1. The van der Waals surface area contributed by atoms with E-state index in [4.69, 9.17) is 17.3 Å². The lowest BCUT2D eigenvalue weighted by Gasteiger charge is -2.19. The number of rotatable bonds is 8. The SMILES string of the molecule is CCN(CC)CCSC(C)C(=O)Nc1cc(Cl)ccc1N. The van der Waals surface area contributed by atoms with E-state index in [-0.39, 0.29) is 11.2 Å². The summed E-state index contributed by atoms with van der Waals surface area (Å²) in [6.07, 6.45) is 0. The number of thioether (sulfide) groups is 1. The molecule has 6 heteroatoms. The molecule has 0 fully saturated rings. The molecule has 21 heavy (non-hydrogen) atoms. The van der Waals surface area contributed by atoms with Crippen LogP contribution in [0.4, 0.5) is 11.4 Å². The Morgan fingerprint density at radius 2 is 2.10 bits per heavy atom. The van der Waals surface area contributed by atoms with E-state index < -0.39 is 0 Å². The number of carbonyl (C=O) groups excluding carboxylic acids is 1. The van der Waals surface area contributed by atoms with Crippen LogP contribution in [0.3, 0.4) is 0 Å². The van der Waals surface area contributed by atoms with Gasteiger partial charge in [0.2, 0.25) is 5.91 Å². The summed E-state index contributed by atoms with van der Waals surface area (Å²) in [5, 5.41) is 3.26. The maximum Gasteiger partial charge on any atom is 0.237 e. The fourth-order valence-corrected chi connectivity index (χ4v) is 2.94. The third kappa shape index (κ3) is 6.16. The largest absolute Gasteiger partial charge is 0.397 e. The predicted molar refractivity (Wildman–Crippen MR) is 94.2 cm³/mol. The Kier molecular flexibility index (Phi) is 7.93. The molecule has 118 valence electrons. The molecule has 0 bridgehead atoms. The number of amides is 1. The zero-order valence-corrected chi connectivity index (χ0v) is 14.4. The van der Waals surface area contributed by atoms with Crippen molar-refractivity contribution in [1.82, 2.24) is 4.90 Å². The van der Waals surface area contributed by atoms with Crippen LogP contribution in [0.2, 0.25) is 5.02 Å². The topological polar surface area (TPSA) is 58.4 Å². The first-order chi connectivity index (χ1) is 9.97. The average molecular weight is 330 g/mol. The Morgan fingerprint density at radius 3 is 2.71 bits per heavy atom. The van der Waals surface area contributed by atoms with Crippen molar-refractivity contribution in [1.29, 1.82) is 0 Å². The second kappa shape index (κ2) is 9.18. The summed E-state index contributed by atoms with van der Waals surface area (Å²) in [5.41, 5.74) is 6.92. The molecule has 1 amide bonds. The van der Waals surface area contributed by atoms with E-state index in [2.05, 4.69) is 24.1 Å². The van der Waals surface area contributed by atoms with Gasteiger partial charge in [0.05, 0.1) is 16.6 Å². The van der Waals surface area contributed by atoms with Gasteiger partial charge in [0.1, 0.15) is 0 Å². The van der Waals surface area contributed by atoms with Gasteiger partial charge in [-0.3, -0.25) is 4.79 Å². The van der Waals surface area contributed by atoms with Crippen LogP contribution in [-0.4, -0.2) is 41.4 Å². The van der Waals surface area contributed by atoms with Crippen LogP contribution in [0.1, 0.15) is 20.8 Å². The van der Waals surface area contributed by atoms with Crippen molar-refractivity contribution in [2.75, 3.05) is 36.4 Å². The first-order valence-corrected chi connectivity index (χ1v) is 8.60. The molecule has 0 saturated carbocycles. The van der Waals surface area contributed by atoms with Gasteiger partial charge in [0.15, 0.2) is 0 Å². The molecular weight excluding hydrogens is 306 g/mol. The zero-order valence-electron chi connectivity index (χ0n) is 12.9. The Bertz CT molecular complexity index is 466. The van der Waals surface area contributed by atoms with Crippen molar-refractivity contribution in [3.8, 4) is 0 Å². The summed E-state index contributed by atoms with van der Waals surface area (Å²) in [6.45, 7) is 9.27. The van der Waals surface area contributed by atoms with E-state index in [1.54, 1.807) is 30.0 Å². The van der Waals surface area contributed by atoms with Crippen LogP contribution in [0, 0.1) is 0 Å². The Hall–Kier alpha value is -0.910. The monoisotopic (exact) mass is 329 g/mol. The van der Waals surface area contributed by atoms with Crippen molar-refractivity contribution in [3.63, 3.8) is 0 Å². The van der Waals surface area contributed by atoms with Gasteiger partial charge >= 0.3 is 0 Å². The minimum Gasteiger partial charge on any atom is -0.397 e. The van der Waals surface area contributed by atoms with E-state index in [0.29, 0.717) is 16.4 Å². The summed E-state index contributed by atoms with van der Waals surface area (Å²) < 4.78 is 0. The van der Waals surface area contributed by atoms with Crippen molar-refractivity contribution >= 4 is 40.6 Å². The van der Waals surface area contributed by atoms with Crippen molar-refractivity contribution in [3.05, 3.63) is 23.2 Å². The van der Waals surface area contributed by atoms with Gasteiger partial charge < -0.3 is 16.0 Å². The van der Waals surface area contributed by atoms with Gasteiger partial charge in [0.25, 0.3) is 0 Å². The lowest BCUT2D eigenvalue weighted by atomic mass is 10.2. The summed E-state index contributed by atoms with van der Waals surface area (Å²) in [5.74, 6) is 0.884. The molecule has 0 aliphatic rings. The number of nitrogens with one attached hydrogen (secondary N) is 1. The maximum atomic E-state index is 12.1. The number of benzene rings is 1. The quantitative estimate of drug-likeness (QED) is 0.718. The van der Waals surface area contributed by atoms with E-state index in [9.17, 15) is 4.79 Å². The average Bonchev–Trinajstić information content (AvgIpc) is 2.47. The molecule has 1 aromatic carbocycles. The first-order valence-electron chi connectivity index (χ1n) is 7.17. The molecule has 0 aromatic heterocycles. The molecule has 0 aliphatic heterocycles. The normalized spacial score (nSPS) is 12.4. The Morgan fingerprint density at radius 1 is 1.43 bits per heavy atom. The first kappa shape index (κ1) is 18.1. The fourth-order valence-electron chi connectivity index (χ4n) is 1.85. The van der Waals surface area contributed by atoms with Gasteiger partial charge in [-0.05, 0) is 38.2 Å². The van der Waals surface area contributed by atoms with E-state index >= 15 is 0 Å². The smallest absolute Gasteiger partial charge is 0.237 e. The molecular formula is C15H24ClN3OS. The number of anilines is 2. The lowest BCUT2D eigenvalue weighted by molar-refractivity contribution is -0.115. The Labute approximate surface area is 136 Å². The van der Waals surface area contributed by atoms with Gasteiger partial charge in [-0.15, -0.1) is 11.8 Å². The maximum absolute atomic E-state index is 12.1. The molecule has 0 heterocycles. The second-order valence-electron chi connectivity index (χ2n) is 4.76. The van der Waals surface area contributed by atoms with Crippen molar-refractivity contribution < 1.29 is 4.79 Å². The van der Waals surface area contributed by atoms with Crippen molar-refractivity contribution in [2.45, 2.75) is 26.0 Å². The highest BCUT2D eigenvalue weighted by Crippen LogP contribution is 2.24. The minimum atomic E-state index is -0.126. The summed E-state index contributed by atoms with van der Waals surface area (Å²) in [4.78, 5) is 14.5. The number of hydrogen-bond acceptors (Lipinski definition) is 4. The van der Waals surface area contributed by atoms with Gasteiger partial charge in [0, 0.05) is 17.3 Å². The number of carbonyl (C=O) groups is 1. The van der Waals surface area contributed by atoms with E-state index in [1.807, 2.05) is 6.92 Å². The molecule has 4 nitrogen and oxygen atoms in total. The van der Waals surface area contributed by atoms with Crippen LogP contribution >= 0.6 is 23.4 Å². The fraction of sp³-hybridized carbons (Fsp3) is 0.533. The summed E-state index contributed by atoms with van der Waals surface area (Å²) in [6, 6.07) is 5.06. The van der Waals surface area contributed by atoms with Crippen LogP contribution in [0.5, 0.6) is 0 Å². The van der Waals surface area contributed by atoms with Gasteiger partial charge in [-0.2, -0.15) is 0 Å². The third-order valence-electron chi connectivity index (χ3n) is 3.31. The molecule has 3 N–H and O–H groups in total. The molecule has 0 radical (unpaired) electrons. The van der Waals surface area contributed by atoms with Gasteiger partial charge in [-0.25, -0.2) is 0 Å². The molecule has 0 saturated heterocycles. The van der Waals surface area contributed by atoms with Crippen LogP contribution < -0.4 is 11.1 Å². The second-order valence-corrected chi connectivity index (χ2v) is 6.65. The van der Waals surface area contributed by atoms with E-state index in [0.717, 1.165) is 25.4 Å². The number of nitrogens with two attached hydrogens (primary N) is 1. The number of hydrogen-bond donors (Lipinski definition) is 2. The Balaban J connectivity index is 2.46. The molecule has 1 rings (SSSR count). The lowest BCUT2D eigenvalue weighted by Crippen LogP contribution is -2.28. The standard InChI is InChI=1S/C15H24ClN3OS/c1-4-19(5-2)8-9-21-11(3)15(20)18-14-10-12(16)6-7-13(14)17/h6-7,10-11H,4-5,8-9,17H2,1-3H3,(H,18,20). The predicted octanol–water partition coefficient (Wildman–Crippen LogP) is 3.32. The van der Waals surface area contributed by atoms with Crippen molar-refractivity contribution in [2.24, 2.45) is 0 Å². The van der Waals surface area contributed by atoms with Gasteiger partial charge in [-0.1, -0.05) is 25.4 Å². The van der Waals surface area contributed by atoms with E-state index in [1.165, 1.54) is 0 Å². The molecule has 1 atom stereocenters. The summed E-state index contributed by atoms with van der Waals surface area (Å²) >= 11 is 7.56. The van der Waals surface area contributed by atoms with Crippen LogP contribution in [-0.2, 0) is 4.79 Å².